The van der Waals surface area contributed by atoms with Gasteiger partial charge in [-0.25, -0.2) is 4.79 Å². The summed E-state index contributed by atoms with van der Waals surface area (Å²) < 4.78 is 5.51. The highest BCUT2D eigenvalue weighted by Crippen LogP contribution is 2.45. The van der Waals surface area contributed by atoms with Gasteiger partial charge in [0, 0.05) is 13.1 Å². The highest BCUT2D eigenvalue weighted by molar-refractivity contribution is 5.91. The number of rotatable bonds is 6. The Morgan fingerprint density at radius 2 is 2.04 bits per heavy atom. The number of nitrogens with zero attached hydrogens (tertiary/aromatic N) is 1. The van der Waals surface area contributed by atoms with Gasteiger partial charge in [-0.05, 0) is 37.8 Å². The zero-order valence-electron chi connectivity index (χ0n) is 15.0. The number of carboxylic acids is 1. The number of aliphatic carboxylic acids is 1. The lowest BCUT2D eigenvalue weighted by molar-refractivity contribution is -0.163. The number of nitrogens with one attached hydrogen (secondary N) is 1. The molecule has 142 valence electrons. The van der Waals surface area contributed by atoms with Crippen molar-refractivity contribution in [1.29, 1.82) is 0 Å². The molecule has 2 amide bonds. The van der Waals surface area contributed by atoms with E-state index in [4.69, 9.17) is 4.74 Å². The second-order valence-corrected chi connectivity index (χ2v) is 7.19. The first kappa shape index (κ1) is 18.5. The lowest BCUT2D eigenvalue weighted by Crippen LogP contribution is -2.58. The number of para-hydroxylation sites is 2. The average Bonchev–Trinajstić information content (AvgIpc) is 3.42. The van der Waals surface area contributed by atoms with Crippen LogP contribution in [0.4, 0.5) is 10.5 Å². The standard InChI is InChI=1S/C19H26N2O5/c1-2-26-15-6-4-3-5-14(15)20-18(25)21-10-9-16(22)19(12-21,17(23)24)11-13-7-8-13/h3-6,13,16,22H,2,7-12H2,1H3,(H,20,25)(H,23,24)/t16-,19-/m1/s1. The van der Waals surface area contributed by atoms with Gasteiger partial charge < -0.3 is 25.2 Å². The molecule has 1 saturated heterocycles. The van der Waals surface area contributed by atoms with Gasteiger partial charge in [-0.3, -0.25) is 4.79 Å². The van der Waals surface area contributed by atoms with E-state index in [9.17, 15) is 19.8 Å². The number of amides is 2. The lowest BCUT2D eigenvalue weighted by atomic mass is 9.73. The maximum atomic E-state index is 12.7. The number of carbonyl (C=O) groups is 2. The van der Waals surface area contributed by atoms with Gasteiger partial charge in [0.2, 0.25) is 0 Å². The van der Waals surface area contributed by atoms with Crippen LogP contribution in [0.3, 0.4) is 0 Å². The number of carboxylic acid groups (broad SMARTS) is 1. The second kappa shape index (κ2) is 7.53. The minimum Gasteiger partial charge on any atom is -0.492 e. The first-order valence-corrected chi connectivity index (χ1v) is 9.15. The van der Waals surface area contributed by atoms with E-state index in [1.165, 1.54) is 4.90 Å². The molecular weight excluding hydrogens is 336 g/mol. The van der Waals surface area contributed by atoms with Gasteiger partial charge in [0.25, 0.3) is 0 Å². The zero-order valence-corrected chi connectivity index (χ0v) is 15.0. The molecule has 2 aliphatic rings. The van der Waals surface area contributed by atoms with Crippen molar-refractivity contribution in [2.24, 2.45) is 11.3 Å². The van der Waals surface area contributed by atoms with Crippen LogP contribution in [0.2, 0.25) is 0 Å². The first-order chi connectivity index (χ1) is 12.5. The number of urea groups is 1. The van der Waals surface area contributed by atoms with Crippen molar-refractivity contribution in [3.63, 3.8) is 0 Å². The van der Waals surface area contributed by atoms with Crippen LogP contribution in [-0.4, -0.2) is 52.9 Å². The molecule has 0 unspecified atom stereocenters. The molecule has 1 heterocycles. The second-order valence-electron chi connectivity index (χ2n) is 7.19. The summed E-state index contributed by atoms with van der Waals surface area (Å²) in [5, 5.41) is 23.0. The summed E-state index contributed by atoms with van der Waals surface area (Å²) in [5.41, 5.74) is -0.732. The quantitative estimate of drug-likeness (QED) is 0.722. The maximum absolute atomic E-state index is 12.7. The van der Waals surface area contributed by atoms with Gasteiger partial charge in [0.1, 0.15) is 11.2 Å². The van der Waals surface area contributed by atoms with Crippen molar-refractivity contribution in [2.75, 3.05) is 25.0 Å². The maximum Gasteiger partial charge on any atom is 0.321 e. The topological polar surface area (TPSA) is 99.1 Å². The molecule has 26 heavy (non-hydrogen) atoms. The minimum absolute atomic E-state index is 0.0165. The number of hydrogen-bond acceptors (Lipinski definition) is 4. The van der Waals surface area contributed by atoms with Gasteiger partial charge in [-0.2, -0.15) is 0 Å². The Hall–Kier alpha value is -2.28. The van der Waals surface area contributed by atoms with Crippen molar-refractivity contribution in [1.82, 2.24) is 4.90 Å². The van der Waals surface area contributed by atoms with E-state index in [2.05, 4.69) is 5.32 Å². The van der Waals surface area contributed by atoms with Crippen LogP contribution in [-0.2, 0) is 4.79 Å². The molecule has 0 spiro atoms. The van der Waals surface area contributed by atoms with Gasteiger partial charge in [0.15, 0.2) is 0 Å². The number of hydrogen-bond donors (Lipinski definition) is 3. The molecule has 0 aromatic heterocycles. The Morgan fingerprint density at radius 1 is 1.31 bits per heavy atom. The number of carbonyl (C=O) groups excluding carboxylic acids is 1. The molecule has 2 atom stereocenters. The highest BCUT2D eigenvalue weighted by Gasteiger charge is 2.52. The number of ether oxygens (including phenoxy) is 1. The number of anilines is 1. The summed E-state index contributed by atoms with van der Waals surface area (Å²) in [5.74, 6) is -0.116. The Labute approximate surface area is 152 Å². The van der Waals surface area contributed by atoms with Gasteiger partial charge in [0.05, 0.1) is 18.4 Å². The van der Waals surface area contributed by atoms with E-state index in [0.29, 0.717) is 36.9 Å². The van der Waals surface area contributed by atoms with E-state index in [1.54, 1.807) is 18.2 Å². The summed E-state index contributed by atoms with van der Waals surface area (Å²) in [4.78, 5) is 26.2. The molecule has 1 aliphatic carbocycles. The largest absolute Gasteiger partial charge is 0.492 e. The summed E-state index contributed by atoms with van der Waals surface area (Å²) in [7, 11) is 0. The lowest BCUT2D eigenvalue weighted by Gasteiger charge is -2.43. The normalized spacial score (nSPS) is 25.6. The predicted molar refractivity (Wildman–Crippen MR) is 96.2 cm³/mol. The molecular formula is C19H26N2O5. The molecule has 3 rings (SSSR count). The first-order valence-electron chi connectivity index (χ1n) is 9.15. The third kappa shape index (κ3) is 3.77. The molecule has 7 heteroatoms. The van der Waals surface area contributed by atoms with E-state index >= 15 is 0 Å². The fraction of sp³-hybridized carbons (Fsp3) is 0.579. The third-order valence-corrected chi connectivity index (χ3v) is 5.27. The monoisotopic (exact) mass is 362 g/mol. The molecule has 0 radical (unpaired) electrons. The molecule has 1 aromatic carbocycles. The van der Waals surface area contributed by atoms with Crippen LogP contribution in [0.5, 0.6) is 5.75 Å². The molecule has 1 aromatic rings. The number of likely N-dealkylation sites (tertiary alicyclic amines) is 1. The minimum atomic E-state index is -1.28. The summed E-state index contributed by atoms with van der Waals surface area (Å²) in [6, 6.07) is 6.77. The Kier molecular flexibility index (Phi) is 5.36. The van der Waals surface area contributed by atoms with Crippen LogP contribution >= 0.6 is 0 Å². The van der Waals surface area contributed by atoms with Gasteiger partial charge in [-0.15, -0.1) is 0 Å². The fourth-order valence-corrected chi connectivity index (χ4v) is 3.63. The van der Waals surface area contributed by atoms with Crippen LogP contribution in [0.25, 0.3) is 0 Å². The summed E-state index contributed by atoms with van der Waals surface area (Å²) >= 11 is 0. The molecule has 0 bridgehead atoms. The van der Waals surface area contributed by atoms with Crippen LogP contribution in [0.1, 0.15) is 32.6 Å². The van der Waals surface area contributed by atoms with Crippen LogP contribution in [0, 0.1) is 11.3 Å². The van der Waals surface area contributed by atoms with Crippen molar-refractivity contribution in [2.45, 2.75) is 38.7 Å². The number of aliphatic hydroxyl groups excluding tert-OH is 1. The van der Waals surface area contributed by atoms with Crippen molar-refractivity contribution in [3.8, 4) is 5.75 Å². The van der Waals surface area contributed by atoms with Crippen LogP contribution < -0.4 is 10.1 Å². The Bertz CT molecular complexity index is 676. The van der Waals surface area contributed by atoms with E-state index in [-0.39, 0.29) is 19.0 Å². The molecule has 2 fully saturated rings. The smallest absolute Gasteiger partial charge is 0.321 e. The fourth-order valence-electron chi connectivity index (χ4n) is 3.63. The van der Waals surface area contributed by atoms with Crippen molar-refractivity contribution < 1.29 is 24.5 Å². The van der Waals surface area contributed by atoms with E-state index < -0.39 is 17.5 Å². The molecule has 3 N–H and O–H groups in total. The van der Waals surface area contributed by atoms with Crippen molar-refractivity contribution in [3.05, 3.63) is 24.3 Å². The summed E-state index contributed by atoms with van der Waals surface area (Å²) in [6.07, 6.45) is 1.74. The average molecular weight is 362 g/mol. The Morgan fingerprint density at radius 3 is 2.69 bits per heavy atom. The number of aliphatic hydroxyl groups is 1. The number of piperidine rings is 1. The van der Waals surface area contributed by atoms with Crippen molar-refractivity contribution >= 4 is 17.7 Å². The number of benzene rings is 1. The molecule has 7 nitrogen and oxygen atoms in total. The zero-order chi connectivity index (χ0) is 18.7. The van der Waals surface area contributed by atoms with Gasteiger partial charge in [-0.1, -0.05) is 25.0 Å². The molecule has 1 aliphatic heterocycles. The van der Waals surface area contributed by atoms with E-state index in [0.717, 1.165) is 12.8 Å². The molecule has 1 saturated carbocycles. The third-order valence-electron chi connectivity index (χ3n) is 5.27. The summed E-state index contributed by atoms with van der Waals surface area (Å²) in [6.45, 7) is 2.68. The Balaban J connectivity index is 1.74. The highest BCUT2D eigenvalue weighted by atomic mass is 16.5. The van der Waals surface area contributed by atoms with Gasteiger partial charge >= 0.3 is 12.0 Å². The van der Waals surface area contributed by atoms with E-state index in [1.807, 2.05) is 13.0 Å². The predicted octanol–water partition coefficient (Wildman–Crippen LogP) is 2.55. The SMILES string of the molecule is CCOc1ccccc1NC(=O)N1CC[C@@H](O)[C@](CC2CC2)(C(=O)O)C1. The van der Waals surface area contributed by atoms with Crippen LogP contribution in [0.15, 0.2) is 24.3 Å².